The van der Waals surface area contributed by atoms with E-state index in [2.05, 4.69) is 23.2 Å². The first kappa shape index (κ1) is 15.3. The molecule has 1 aliphatic carbocycles. The van der Waals surface area contributed by atoms with Gasteiger partial charge in [-0.25, -0.2) is 4.98 Å². The average Bonchev–Trinajstić information content (AvgIpc) is 3.03. The number of Topliss-reactive ketones (excluding diaryl/α,β-unsaturated/α-hetero) is 1. The molecular formula is C22H16ClN3O. The quantitative estimate of drug-likeness (QED) is 0.268. The number of hydrogen-bond donors (Lipinski definition) is 0. The summed E-state index contributed by atoms with van der Waals surface area (Å²) in [6.45, 7) is 4.27. The van der Waals surface area contributed by atoms with Crippen LogP contribution >= 0.6 is 11.6 Å². The van der Waals surface area contributed by atoms with Gasteiger partial charge in [0.05, 0.1) is 27.8 Å². The molecule has 0 saturated heterocycles. The summed E-state index contributed by atoms with van der Waals surface area (Å²) in [7, 11) is 0. The summed E-state index contributed by atoms with van der Waals surface area (Å²) >= 11 is 6.30. The maximum atomic E-state index is 13.2. The molecule has 0 bridgehead atoms. The first-order valence-electron chi connectivity index (χ1n) is 9.09. The van der Waals surface area contributed by atoms with Gasteiger partial charge in [0.1, 0.15) is 6.33 Å². The van der Waals surface area contributed by atoms with Gasteiger partial charge in [0.15, 0.2) is 5.78 Å². The highest BCUT2D eigenvalue weighted by atomic mass is 35.5. The van der Waals surface area contributed by atoms with Crippen LogP contribution in [-0.4, -0.2) is 20.2 Å². The van der Waals surface area contributed by atoms with E-state index in [4.69, 9.17) is 16.6 Å². The number of imidazole rings is 1. The predicted molar refractivity (Wildman–Crippen MR) is 108 cm³/mol. The Bertz CT molecular complexity index is 1430. The van der Waals surface area contributed by atoms with E-state index in [1.807, 2.05) is 36.7 Å². The maximum absolute atomic E-state index is 13.2. The van der Waals surface area contributed by atoms with Crippen molar-refractivity contribution in [1.29, 1.82) is 0 Å². The lowest BCUT2D eigenvalue weighted by Gasteiger charge is -2.30. The minimum absolute atomic E-state index is 0.0686. The van der Waals surface area contributed by atoms with Crippen LogP contribution in [0.1, 0.15) is 36.3 Å². The number of hydrogen-bond acceptors (Lipinski definition) is 3. The lowest BCUT2D eigenvalue weighted by atomic mass is 9.74. The van der Waals surface area contributed by atoms with E-state index in [-0.39, 0.29) is 11.2 Å². The SMILES string of the molecule is CC1(C)CC(=O)c2c(nc3ccc4ncn5c6cc(Cl)ccc6c2c3c45)C1. The number of carbonyl (C=O) groups excluding carboxylic acids is 1. The summed E-state index contributed by atoms with van der Waals surface area (Å²) < 4.78 is 2.07. The lowest BCUT2D eigenvalue weighted by molar-refractivity contribution is 0.0912. The van der Waals surface area contributed by atoms with Gasteiger partial charge in [0.25, 0.3) is 0 Å². The molecular weight excluding hydrogens is 358 g/mol. The molecule has 0 atom stereocenters. The topological polar surface area (TPSA) is 47.3 Å². The van der Waals surface area contributed by atoms with Crippen molar-refractivity contribution in [3.05, 3.63) is 52.9 Å². The largest absolute Gasteiger partial charge is 0.297 e. The van der Waals surface area contributed by atoms with E-state index in [9.17, 15) is 4.79 Å². The molecule has 0 saturated carbocycles. The number of fused-ring (bicyclic) bond motifs is 5. The fourth-order valence-electron chi connectivity index (χ4n) is 4.74. The third-order valence-electron chi connectivity index (χ3n) is 5.78. The van der Waals surface area contributed by atoms with Gasteiger partial charge in [0, 0.05) is 33.2 Å². The lowest BCUT2D eigenvalue weighted by Crippen LogP contribution is -2.28. The molecule has 0 radical (unpaired) electrons. The zero-order valence-electron chi connectivity index (χ0n) is 15.0. The Morgan fingerprint density at radius 1 is 1.07 bits per heavy atom. The van der Waals surface area contributed by atoms with Crippen molar-refractivity contribution in [3.63, 3.8) is 0 Å². The third kappa shape index (κ3) is 1.91. The first-order valence-corrected chi connectivity index (χ1v) is 9.47. The summed E-state index contributed by atoms with van der Waals surface area (Å²) in [4.78, 5) is 22.7. The molecule has 5 heteroatoms. The van der Waals surface area contributed by atoms with Gasteiger partial charge < -0.3 is 0 Å². The van der Waals surface area contributed by atoms with Crippen molar-refractivity contribution in [3.8, 4) is 0 Å². The Morgan fingerprint density at radius 3 is 2.74 bits per heavy atom. The summed E-state index contributed by atoms with van der Waals surface area (Å²) in [6, 6.07) is 9.87. The summed E-state index contributed by atoms with van der Waals surface area (Å²) in [6.07, 6.45) is 3.17. The normalized spacial score (nSPS) is 16.8. The number of benzene rings is 2. The van der Waals surface area contributed by atoms with Crippen LogP contribution in [0.25, 0.3) is 38.2 Å². The van der Waals surface area contributed by atoms with Crippen molar-refractivity contribution in [2.75, 3.05) is 0 Å². The number of carbonyl (C=O) groups is 1. The molecule has 4 nitrogen and oxygen atoms in total. The average molecular weight is 374 g/mol. The highest BCUT2D eigenvalue weighted by Crippen LogP contribution is 2.43. The zero-order chi connectivity index (χ0) is 18.5. The Hall–Kier alpha value is -2.72. The molecule has 0 aliphatic heterocycles. The van der Waals surface area contributed by atoms with Crippen LogP contribution in [0.15, 0.2) is 36.7 Å². The summed E-state index contributed by atoms with van der Waals surface area (Å²) in [5.41, 5.74) is 5.42. The summed E-state index contributed by atoms with van der Waals surface area (Å²) in [5, 5.41) is 3.71. The van der Waals surface area contributed by atoms with E-state index < -0.39 is 0 Å². The number of ketones is 1. The van der Waals surface area contributed by atoms with Crippen LogP contribution in [0.4, 0.5) is 0 Å². The second-order valence-corrected chi connectivity index (χ2v) is 8.79. The van der Waals surface area contributed by atoms with Crippen molar-refractivity contribution in [2.45, 2.75) is 26.7 Å². The molecule has 6 rings (SSSR count). The monoisotopic (exact) mass is 373 g/mol. The van der Waals surface area contributed by atoms with Gasteiger partial charge in [0.2, 0.25) is 0 Å². The number of rotatable bonds is 0. The molecule has 3 aromatic heterocycles. The number of halogens is 1. The van der Waals surface area contributed by atoms with E-state index in [0.29, 0.717) is 11.4 Å². The standard InChI is InChI=1S/C22H16ClN3O/c1-22(2)8-15-19(17(27)9-22)18-12-4-3-11(23)7-16(12)26-10-24-14-6-5-13(25-15)20(18)21(14)26/h3-7,10H,8-9H2,1-2H3. The smallest absolute Gasteiger partial charge is 0.165 e. The molecule has 132 valence electrons. The minimum atomic E-state index is -0.0686. The van der Waals surface area contributed by atoms with Crippen LogP contribution in [0.3, 0.4) is 0 Å². The van der Waals surface area contributed by atoms with Crippen molar-refractivity contribution >= 4 is 55.6 Å². The first-order chi connectivity index (χ1) is 12.9. The predicted octanol–water partition coefficient (Wildman–Crippen LogP) is 5.44. The van der Waals surface area contributed by atoms with Gasteiger partial charge in [-0.15, -0.1) is 0 Å². The van der Waals surface area contributed by atoms with Crippen molar-refractivity contribution in [1.82, 2.24) is 14.4 Å². The molecule has 3 heterocycles. The molecule has 0 fully saturated rings. The Kier molecular flexibility index (Phi) is 2.71. The van der Waals surface area contributed by atoms with Gasteiger partial charge in [-0.05, 0) is 36.1 Å². The van der Waals surface area contributed by atoms with Crippen LogP contribution in [0, 0.1) is 5.41 Å². The van der Waals surface area contributed by atoms with E-state index >= 15 is 0 Å². The van der Waals surface area contributed by atoms with Gasteiger partial charge in [-0.3, -0.25) is 14.2 Å². The number of aromatic nitrogens is 3. The third-order valence-corrected chi connectivity index (χ3v) is 6.02. The Morgan fingerprint density at radius 2 is 1.89 bits per heavy atom. The highest BCUT2D eigenvalue weighted by Gasteiger charge is 2.34. The Labute approximate surface area is 160 Å². The fraction of sp³-hybridized carbons (Fsp3) is 0.227. The number of nitrogens with zero attached hydrogens (tertiary/aromatic N) is 3. The van der Waals surface area contributed by atoms with E-state index in [1.165, 1.54) is 0 Å². The molecule has 0 amide bonds. The minimum Gasteiger partial charge on any atom is -0.297 e. The fourth-order valence-corrected chi connectivity index (χ4v) is 4.91. The zero-order valence-corrected chi connectivity index (χ0v) is 15.8. The molecule has 0 unspecified atom stereocenters. The molecule has 5 aromatic rings. The molecule has 0 N–H and O–H groups in total. The molecule has 0 spiro atoms. The van der Waals surface area contributed by atoms with Crippen LogP contribution in [0.2, 0.25) is 5.02 Å². The van der Waals surface area contributed by atoms with Crippen LogP contribution in [-0.2, 0) is 6.42 Å². The van der Waals surface area contributed by atoms with Gasteiger partial charge >= 0.3 is 0 Å². The van der Waals surface area contributed by atoms with E-state index in [1.54, 1.807) is 0 Å². The van der Waals surface area contributed by atoms with Crippen LogP contribution < -0.4 is 0 Å². The highest BCUT2D eigenvalue weighted by molar-refractivity contribution is 6.33. The van der Waals surface area contributed by atoms with Crippen molar-refractivity contribution < 1.29 is 4.79 Å². The van der Waals surface area contributed by atoms with Gasteiger partial charge in [-0.1, -0.05) is 31.5 Å². The van der Waals surface area contributed by atoms with E-state index in [0.717, 1.165) is 55.9 Å². The second-order valence-electron chi connectivity index (χ2n) is 8.35. The molecule has 2 aromatic carbocycles. The number of pyridine rings is 2. The summed E-state index contributed by atoms with van der Waals surface area (Å²) in [5.74, 6) is 0.177. The molecule has 1 aliphatic rings. The van der Waals surface area contributed by atoms with Crippen LogP contribution in [0.5, 0.6) is 0 Å². The van der Waals surface area contributed by atoms with Gasteiger partial charge in [-0.2, -0.15) is 0 Å². The van der Waals surface area contributed by atoms with Crippen molar-refractivity contribution in [2.24, 2.45) is 5.41 Å². The maximum Gasteiger partial charge on any atom is 0.165 e. The molecule has 27 heavy (non-hydrogen) atoms. The Balaban J connectivity index is 1.96. The second kappa shape index (κ2) is 4.76.